The summed E-state index contributed by atoms with van der Waals surface area (Å²) in [5.74, 6) is -1.33. The van der Waals surface area contributed by atoms with Gasteiger partial charge in [-0.2, -0.15) is 0 Å². The van der Waals surface area contributed by atoms with Gasteiger partial charge in [0.2, 0.25) is 0 Å². The smallest absolute Gasteiger partial charge is 0.309 e. The van der Waals surface area contributed by atoms with Gasteiger partial charge >= 0.3 is 5.91 Å². The number of aromatic nitrogens is 1. The van der Waals surface area contributed by atoms with Crippen molar-refractivity contribution in [3.05, 3.63) is 41.9 Å². The molecule has 1 amide bonds. The Bertz CT molecular complexity index is 529. The normalized spacial score (nSPS) is 11.8. The maximum absolute atomic E-state index is 11.0. The zero-order chi connectivity index (χ0) is 16.5. The van der Waals surface area contributed by atoms with Gasteiger partial charge in [0.25, 0.3) is 0 Å². The summed E-state index contributed by atoms with van der Waals surface area (Å²) >= 11 is 0. The summed E-state index contributed by atoms with van der Waals surface area (Å²) in [5, 5.41) is 25.7. The molecule has 0 aliphatic rings. The lowest BCUT2D eigenvalue weighted by molar-refractivity contribution is -0.127. The van der Waals surface area contributed by atoms with E-state index in [-0.39, 0.29) is 12.3 Å². The third-order valence-electron chi connectivity index (χ3n) is 2.79. The van der Waals surface area contributed by atoms with E-state index in [1.54, 1.807) is 12.4 Å². The number of hydrogen-bond donors (Lipinski definition) is 4. The zero-order valence-corrected chi connectivity index (χ0v) is 12.8. The second-order valence-corrected chi connectivity index (χ2v) is 5.42. The average molecular weight is 306 g/mol. The molecule has 0 fully saturated rings. The molecule has 22 heavy (non-hydrogen) atoms. The monoisotopic (exact) mass is 306 g/mol. The Labute approximate surface area is 129 Å². The molecular formula is C15H22N4O3. The van der Waals surface area contributed by atoms with Gasteiger partial charge in [-0.05, 0) is 17.5 Å². The summed E-state index contributed by atoms with van der Waals surface area (Å²) in [6.45, 7) is 5.81. The Balaban J connectivity index is 2.72. The summed E-state index contributed by atoms with van der Waals surface area (Å²) in [4.78, 5) is 17.1. The highest BCUT2D eigenvalue weighted by Gasteiger charge is 2.12. The Kier molecular flexibility index (Phi) is 7.21. The summed E-state index contributed by atoms with van der Waals surface area (Å²) in [5.41, 5.74) is 2.42. The number of aliphatic hydroxyl groups excluding tert-OH is 1. The Hall–Kier alpha value is -2.25. The van der Waals surface area contributed by atoms with Gasteiger partial charge in [-0.3, -0.25) is 19.9 Å². The van der Waals surface area contributed by atoms with Crippen LogP contribution in [-0.2, 0) is 11.3 Å². The van der Waals surface area contributed by atoms with Crippen LogP contribution >= 0.6 is 0 Å². The van der Waals surface area contributed by atoms with Crippen LogP contribution in [0.25, 0.3) is 0 Å². The highest BCUT2D eigenvalue weighted by Crippen LogP contribution is 2.07. The van der Waals surface area contributed by atoms with Gasteiger partial charge < -0.3 is 10.5 Å². The first-order valence-electron chi connectivity index (χ1n) is 6.96. The molecule has 0 aromatic carbocycles. The number of nitrogens with zero attached hydrogens (tertiary/aromatic N) is 2. The summed E-state index contributed by atoms with van der Waals surface area (Å²) < 4.78 is 0. The van der Waals surface area contributed by atoms with Gasteiger partial charge in [0, 0.05) is 43.8 Å². The highest BCUT2D eigenvalue weighted by atomic mass is 16.5. The minimum Gasteiger partial charge on any atom is -0.503 e. The van der Waals surface area contributed by atoms with Crippen molar-refractivity contribution >= 4 is 11.6 Å². The fraction of sp³-hybridized carbons (Fsp3) is 0.400. The van der Waals surface area contributed by atoms with Crippen LogP contribution < -0.4 is 5.48 Å². The molecule has 0 unspecified atom stereocenters. The van der Waals surface area contributed by atoms with Crippen molar-refractivity contribution in [1.82, 2.24) is 15.4 Å². The number of carbonyl (C=O) groups excluding carboxylic acids is 1. The number of aliphatic hydroxyl groups is 1. The van der Waals surface area contributed by atoms with Crippen molar-refractivity contribution in [2.45, 2.75) is 20.4 Å². The number of carbonyl (C=O) groups is 1. The number of hydrogen-bond acceptors (Lipinski definition) is 6. The Morgan fingerprint density at radius 1 is 1.55 bits per heavy atom. The van der Waals surface area contributed by atoms with Crippen molar-refractivity contribution in [1.29, 1.82) is 5.41 Å². The lowest BCUT2D eigenvalue weighted by atomic mass is 10.1. The fourth-order valence-electron chi connectivity index (χ4n) is 2.03. The highest BCUT2D eigenvalue weighted by molar-refractivity contribution is 6.01. The molecule has 0 bridgehead atoms. The lowest BCUT2D eigenvalue weighted by Crippen LogP contribution is -2.32. The molecule has 0 aliphatic carbocycles. The summed E-state index contributed by atoms with van der Waals surface area (Å²) in [7, 11) is 0. The van der Waals surface area contributed by atoms with Gasteiger partial charge in [-0.25, -0.2) is 5.48 Å². The van der Waals surface area contributed by atoms with E-state index >= 15 is 0 Å². The molecule has 1 aromatic rings. The van der Waals surface area contributed by atoms with E-state index in [2.05, 4.69) is 18.8 Å². The van der Waals surface area contributed by atoms with Gasteiger partial charge in [-0.1, -0.05) is 19.9 Å². The van der Waals surface area contributed by atoms with Crippen molar-refractivity contribution < 1.29 is 15.1 Å². The molecule has 0 saturated carbocycles. The molecule has 7 nitrogen and oxygen atoms in total. The van der Waals surface area contributed by atoms with Crippen LogP contribution in [-0.4, -0.2) is 44.9 Å². The van der Waals surface area contributed by atoms with Gasteiger partial charge in [0.05, 0.1) is 0 Å². The standard InChI is InChI=1S/C15H22N4O3/c1-11(2)8-19(9-12-4-3-5-17-7-12)10-13(16)6-14(20)15(21)18-22/h3-7,11,16,20,22H,8-10H2,1-2H3,(H,18,21)/b14-6-,16-13?. The lowest BCUT2D eigenvalue weighted by Gasteiger charge is -2.23. The topological polar surface area (TPSA) is 110 Å². The first kappa shape index (κ1) is 17.8. The third-order valence-corrected chi connectivity index (χ3v) is 2.79. The van der Waals surface area contributed by atoms with Crippen LogP contribution in [0.4, 0.5) is 0 Å². The fourth-order valence-corrected chi connectivity index (χ4v) is 2.03. The molecule has 0 atom stereocenters. The van der Waals surface area contributed by atoms with Crippen LogP contribution in [0.15, 0.2) is 36.4 Å². The third kappa shape index (κ3) is 6.47. The maximum atomic E-state index is 11.0. The van der Waals surface area contributed by atoms with E-state index in [1.807, 2.05) is 17.0 Å². The summed E-state index contributed by atoms with van der Waals surface area (Å²) in [6.07, 6.45) is 4.50. The van der Waals surface area contributed by atoms with Crippen LogP contribution in [0.1, 0.15) is 19.4 Å². The van der Waals surface area contributed by atoms with Gasteiger partial charge in [0.15, 0.2) is 5.76 Å². The number of nitrogens with one attached hydrogen (secondary N) is 2. The molecule has 0 aliphatic heterocycles. The van der Waals surface area contributed by atoms with Gasteiger partial charge in [0.1, 0.15) is 0 Å². The Morgan fingerprint density at radius 2 is 2.27 bits per heavy atom. The molecular weight excluding hydrogens is 284 g/mol. The van der Waals surface area contributed by atoms with Crippen molar-refractivity contribution in [2.75, 3.05) is 13.1 Å². The maximum Gasteiger partial charge on any atom is 0.309 e. The minimum atomic E-state index is -1.03. The van der Waals surface area contributed by atoms with E-state index in [9.17, 15) is 9.90 Å². The predicted octanol–water partition coefficient (Wildman–Crippen LogP) is 1.51. The molecule has 7 heteroatoms. The predicted molar refractivity (Wildman–Crippen MR) is 82.7 cm³/mol. The molecule has 4 N–H and O–H groups in total. The summed E-state index contributed by atoms with van der Waals surface area (Å²) in [6, 6.07) is 3.81. The zero-order valence-electron chi connectivity index (χ0n) is 12.8. The number of rotatable bonds is 8. The molecule has 1 rings (SSSR count). The van der Waals surface area contributed by atoms with E-state index in [4.69, 9.17) is 10.6 Å². The molecule has 0 saturated heterocycles. The number of hydroxylamine groups is 1. The van der Waals surface area contributed by atoms with Crippen LogP contribution in [0, 0.1) is 11.3 Å². The number of pyridine rings is 1. The first-order valence-corrected chi connectivity index (χ1v) is 6.96. The van der Waals surface area contributed by atoms with Crippen molar-refractivity contribution in [3.8, 4) is 0 Å². The largest absolute Gasteiger partial charge is 0.503 e. The van der Waals surface area contributed by atoms with Crippen LogP contribution in [0.2, 0.25) is 0 Å². The molecule has 120 valence electrons. The molecule has 1 aromatic heterocycles. The van der Waals surface area contributed by atoms with E-state index in [0.717, 1.165) is 18.2 Å². The van der Waals surface area contributed by atoms with E-state index in [0.29, 0.717) is 12.5 Å². The van der Waals surface area contributed by atoms with Crippen molar-refractivity contribution in [3.63, 3.8) is 0 Å². The molecule has 0 spiro atoms. The Morgan fingerprint density at radius 3 is 2.82 bits per heavy atom. The van der Waals surface area contributed by atoms with Crippen LogP contribution in [0.5, 0.6) is 0 Å². The van der Waals surface area contributed by atoms with Crippen molar-refractivity contribution in [2.24, 2.45) is 5.92 Å². The molecule has 0 radical (unpaired) electrons. The van der Waals surface area contributed by atoms with E-state index < -0.39 is 11.7 Å². The quantitative estimate of drug-likeness (QED) is 0.191. The van der Waals surface area contributed by atoms with Gasteiger partial charge in [-0.15, -0.1) is 0 Å². The molecule has 1 heterocycles. The number of amides is 1. The average Bonchev–Trinajstić information content (AvgIpc) is 2.46. The first-order chi connectivity index (χ1) is 10.4. The SMILES string of the molecule is CC(C)CN(CC(=N)/C=C(\O)C(=O)NO)Cc1cccnc1. The van der Waals surface area contributed by atoms with E-state index in [1.165, 1.54) is 5.48 Å². The second kappa shape index (κ2) is 8.91. The minimum absolute atomic E-state index is 0.0747. The van der Waals surface area contributed by atoms with Crippen LogP contribution in [0.3, 0.4) is 0 Å². The second-order valence-electron chi connectivity index (χ2n) is 5.42.